The second-order valence-corrected chi connectivity index (χ2v) is 25.6. The minimum absolute atomic E-state index is 0.214. The van der Waals surface area contributed by atoms with Gasteiger partial charge in [-0.3, -0.25) is 29.0 Å². The van der Waals surface area contributed by atoms with Crippen LogP contribution >= 0.6 is 34.8 Å². The first-order valence-corrected chi connectivity index (χ1v) is 25.4. The first kappa shape index (κ1) is 53.1. The molecule has 4 aromatic rings. The van der Waals surface area contributed by atoms with E-state index in [9.17, 15) is 24.0 Å². The molecule has 67 heavy (non-hydrogen) atoms. The number of benzene rings is 3. The van der Waals surface area contributed by atoms with Gasteiger partial charge in [0.1, 0.15) is 30.8 Å². The number of pyridine rings is 1. The van der Waals surface area contributed by atoms with Crippen LogP contribution < -0.4 is 26.4 Å². The highest BCUT2D eigenvalue weighted by Crippen LogP contribution is 2.37. The molecule has 1 aromatic heterocycles. The number of halogens is 3. The van der Waals surface area contributed by atoms with E-state index in [1.807, 2.05) is 97.1 Å². The zero-order valence-electron chi connectivity index (χ0n) is 39.5. The highest BCUT2D eigenvalue weighted by molar-refractivity contribution is 6.99. The largest absolute Gasteiger partial charge is 0.460 e. The predicted molar refractivity (Wildman–Crippen MR) is 266 cm³/mol. The van der Waals surface area contributed by atoms with Crippen LogP contribution in [-0.2, 0) is 37.9 Å². The summed E-state index contributed by atoms with van der Waals surface area (Å²) in [6.45, 7) is 16.0. The van der Waals surface area contributed by atoms with E-state index in [1.165, 1.54) is 11.9 Å². The van der Waals surface area contributed by atoms with Gasteiger partial charge in [0.15, 0.2) is 0 Å². The highest BCUT2D eigenvalue weighted by atomic mass is 35.6. The van der Waals surface area contributed by atoms with Crippen molar-refractivity contribution in [2.24, 2.45) is 11.3 Å². The van der Waals surface area contributed by atoms with Crippen LogP contribution in [0.4, 0.5) is 0 Å². The Balaban J connectivity index is 1.42. The van der Waals surface area contributed by atoms with Crippen LogP contribution in [0.15, 0.2) is 97.1 Å². The van der Waals surface area contributed by atoms with Crippen LogP contribution in [0, 0.1) is 11.3 Å². The van der Waals surface area contributed by atoms with Crippen LogP contribution in [0.25, 0.3) is 17.0 Å². The number of rotatable bonds is 17. The quantitative estimate of drug-likeness (QED) is 0.0548. The molecule has 1 fully saturated rings. The number of fused-ring (bicyclic) bond motifs is 1. The lowest BCUT2D eigenvalue weighted by molar-refractivity contribution is -0.153. The second kappa shape index (κ2) is 22.5. The summed E-state index contributed by atoms with van der Waals surface area (Å²) in [5, 5.41) is 9.59. The van der Waals surface area contributed by atoms with Crippen LogP contribution in [-0.4, -0.2) is 89.6 Å². The fraction of sp³-hybridized carbons (Fsp3) is 0.440. The number of esters is 2. The molecule has 0 bridgehead atoms. The average molecular weight is 996 g/mol. The number of ether oxygens (including phenoxy) is 2. The van der Waals surface area contributed by atoms with Crippen molar-refractivity contribution in [3.8, 4) is 0 Å². The fourth-order valence-corrected chi connectivity index (χ4v) is 12.7. The molecule has 3 N–H and O–H groups in total. The van der Waals surface area contributed by atoms with E-state index in [0.29, 0.717) is 24.1 Å². The van der Waals surface area contributed by atoms with Gasteiger partial charge in [-0.05, 0) is 72.6 Å². The van der Waals surface area contributed by atoms with Crippen LogP contribution in [0.3, 0.4) is 0 Å². The van der Waals surface area contributed by atoms with Gasteiger partial charge in [0.2, 0.25) is 15.6 Å². The molecule has 4 atom stereocenters. The predicted octanol–water partition coefficient (Wildman–Crippen LogP) is 7.51. The molecule has 1 saturated heterocycles. The van der Waals surface area contributed by atoms with Gasteiger partial charge in [-0.1, -0.05) is 160 Å². The number of nitrogens with zero attached hydrogens (tertiary/aromatic N) is 2. The van der Waals surface area contributed by atoms with Crippen molar-refractivity contribution in [3.63, 3.8) is 0 Å². The molecule has 3 amide bonds. The average Bonchev–Trinajstić information content (AvgIpc) is 3.28. The maximum atomic E-state index is 14.8. The Hall–Kier alpha value is -4.83. The number of carbonyl (C=O) groups is 5. The molecule has 13 nitrogen and oxygen atoms in total. The first-order chi connectivity index (χ1) is 31.4. The normalized spacial score (nSPS) is 16.3. The zero-order valence-corrected chi connectivity index (χ0v) is 42.8. The third-order valence-electron chi connectivity index (χ3n) is 11.6. The molecule has 2 heterocycles. The van der Waals surface area contributed by atoms with Crippen LogP contribution in [0.5, 0.6) is 0 Å². The van der Waals surface area contributed by atoms with Crippen molar-refractivity contribution in [3.05, 3.63) is 108 Å². The molecule has 5 rings (SSSR count). The standard InChI is InChI=1S/C50H62Cl3N5O8Si/c1-32(2)43(56-47(63)49(8,9)27-26-35-22-23-36-24-25-39(54-41(36)29-35)33(3)66-34(4)59)44(60)55-42(45(61)58-28-16-21-40(57-58)46(62)64-31-50(51,52)53)30-65-67(48(5,6)7,37-17-12-10-13-18-37)38-19-14-11-15-20-38/h10-15,17-20,22-27,29,32-33,40,42-43,57H,16,21,28,30-31H2,1-9H3,(H,55,60)(H,56,63). The van der Waals surface area contributed by atoms with Gasteiger partial charge < -0.3 is 24.5 Å². The van der Waals surface area contributed by atoms with Gasteiger partial charge in [-0.15, -0.1) is 0 Å². The molecule has 0 aliphatic carbocycles. The number of nitrogens with one attached hydrogen (secondary N) is 3. The van der Waals surface area contributed by atoms with E-state index in [1.54, 1.807) is 40.7 Å². The Bertz CT molecular complexity index is 2370. The minimum atomic E-state index is -3.24. The number of alkyl halides is 3. The van der Waals surface area contributed by atoms with Crippen LogP contribution in [0.1, 0.15) is 92.5 Å². The number of amides is 3. The molecule has 4 unspecified atom stereocenters. The zero-order chi connectivity index (χ0) is 49.3. The molecule has 0 saturated carbocycles. The molecule has 17 heteroatoms. The Kier molecular flexibility index (Phi) is 17.9. The Morgan fingerprint density at radius 1 is 0.881 bits per heavy atom. The molecule has 360 valence electrons. The van der Waals surface area contributed by atoms with E-state index in [4.69, 9.17) is 53.7 Å². The van der Waals surface area contributed by atoms with Crippen molar-refractivity contribution >= 4 is 100 Å². The summed E-state index contributed by atoms with van der Waals surface area (Å²) >= 11 is 17.5. The summed E-state index contributed by atoms with van der Waals surface area (Å²) in [7, 11) is -3.24. The summed E-state index contributed by atoms with van der Waals surface area (Å²) < 4.78 is 15.9. The molecule has 1 aliphatic heterocycles. The summed E-state index contributed by atoms with van der Waals surface area (Å²) in [6.07, 6.45) is 3.83. The van der Waals surface area contributed by atoms with E-state index in [0.717, 1.165) is 21.3 Å². The number of hydrogen-bond acceptors (Lipinski definition) is 10. The number of hydrogen-bond donors (Lipinski definition) is 3. The molecular formula is C50H62Cl3N5O8Si. The topological polar surface area (TPSA) is 165 Å². The summed E-state index contributed by atoms with van der Waals surface area (Å²) in [6, 6.07) is 26.0. The fourth-order valence-electron chi connectivity index (χ4n) is 7.99. The minimum Gasteiger partial charge on any atom is -0.460 e. The molecule has 0 radical (unpaired) electrons. The first-order valence-electron chi connectivity index (χ1n) is 22.4. The summed E-state index contributed by atoms with van der Waals surface area (Å²) in [4.78, 5) is 72.8. The smallest absolute Gasteiger partial charge is 0.325 e. The molecule has 3 aromatic carbocycles. The van der Waals surface area contributed by atoms with Gasteiger partial charge >= 0.3 is 11.9 Å². The van der Waals surface area contributed by atoms with Gasteiger partial charge in [0, 0.05) is 18.9 Å². The number of carbonyl (C=O) groups excluding carboxylic acids is 5. The lowest BCUT2D eigenvalue weighted by Crippen LogP contribution is -2.69. The molecular weight excluding hydrogens is 933 g/mol. The van der Waals surface area contributed by atoms with Crippen molar-refractivity contribution in [1.82, 2.24) is 26.1 Å². The van der Waals surface area contributed by atoms with Crippen molar-refractivity contribution in [1.29, 1.82) is 0 Å². The van der Waals surface area contributed by atoms with Crippen LogP contribution in [0.2, 0.25) is 5.04 Å². The van der Waals surface area contributed by atoms with E-state index < -0.39 is 89.0 Å². The summed E-state index contributed by atoms with van der Waals surface area (Å²) in [5.74, 6) is -3.08. The third-order valence-corrected chi connectivity index (χ3v) is 17.0. The number of aromatic nitrogens is 1. The van der Waals surface area contributed by atoms with E-state index in [2.05, 4.69) is 36.8 Å². The summed E-state index contributed by atoms with van der Waals surface area (Å²) in [5.41, 5.74) is 3.96. The van der Waals surface area contributed by atoms with Gasteiger partial charge in [0.05, 0.1) is 23.2 Å². The monoisotopic (exact) mass is 993 g/mol. The van der Waals surface area contributed by atoms with Crippen molar-refractivity contribution in [2.45, 2.75) is 108 Å². The maximum absolute atomic E-state index is 14.8. The highest BCUT2D eigenvalue weighted by Gasteiger charge is 2.51. The number of hydrazine groups is 1. The Morgan fingerprint density at radius 2 is 1.49 bits per heavy atom. The van der Waals surface area contributed by atoms with Gasteiger partial charge in [0.25, 0.3) is 14.2 Å². The Morgan fingerprint density at radius 3 is 2.06 bits per heavy atom. The van der Waals surface area contributed by atoms with E-state index >= 15 is 0 Å². The van der Waals surface area contributed by atoms with Crippen molar-refractivity contribution in [2.75, 3.05) is 19.8 Å². The van der Waals surface area contributed by atoms with E-state index in [-0.39, 0.29) is 13.2 Å². The maximum Gasteiger partial charge on any atom is 0.325 e. The second-order valence-electron chi connectivity index (χ2n) is 18.8. The SMILES string of the molecule is CC(=O)OC(C)c1ccc2ccc(C=CC(C)(C)C(=O)NC(C(=O)NC(CO[Si](c3ccccc3)(c3ccccc3)C(C)(C)C)C(=O)N3CCCC(C(=O)OCC(Cl)(Cl)Cl)N3)C(C)C)cc2n1. The van der Waals surface area contributed by atoms with Gasteiger partial charge in [-0.25, -0.2) is 10.4 Å². The lowest BCUT2D eigenvalue weighted by Gasteiger charge is -2.44. The lowest BCUT2D eigenvalue weighted by atomic mass is 9.89. The van der Waals surface area contributed by atoms with Gasteiger partial charge in [-0.2, -0.15) is 0 Å². The third kappa shape index (κ3) is 13.9. The Labute approximate surface area is 409 Å². The van der Waals surface area contributed by atoms with Crippen molar-refractivity contribution < 1.29 is 37.9 Å². The molecule has 0 spiro atoms. The molecule has 1 aliphatic rings.